The third-order valence-electron chi connectivity index (χ3n) is 4.45. The number of hydrogen-bond donors (Lipinski definition) is 0. The number of nitriles is 1. The summed E-state index contributed by atoms with van der Waals surface area (Å²) in [5.41, 5.74) is 4.27. The number of nitrogens with zero attached hydrogens (tertiary/aromatic N) is 3. The molecule has 3 nitrogen and oxygen atoms in total. The van der Waals surface area contributed by atoms with Gasteiger partial charge in [0.05, 0.1) is 23.1 Å². The third kappa shape index (κ3) is 3.80. The Balaban J connectivity index is 1.85. The minimum Gasteiger partial charge on any atom is -0.317 e. The van der Waals surface area contributed by atoms with Gasteiger partial charge in [0.1, 0.15) is 0 Å². The molecule has 0 aliphatic carbocycles. The van der Waals surface area contributed by atoms with E-state index < -0.39 is 0 Å². The maximum absolute atomic E-state index is 9.13. The Labute approximate surface area is 169 Å². The van der Waals surface area contributed by atoms with E-state index >= 15 is 0 Å². The lowest BCUT2D eigenvalue weighted by Gasteiger charge is -2.20. The van der Waals surface area contributed by atoms with Crippen LogP contribution in [0.2, 0.25) is 0 Å². The van der Waals surface area contributed by atoms with E-state index in [0.717, 1.165) is 32.5 Å². The van der Waals surface area contributed by atoms with Crippen molar-refractivity contribution in [2.45, 2.75) is 6.42 Å². The summed E-state index contributed by atoms with van der Waals surface area (Å²) < 4.78 is 0. The van der Waals surface area contributed by atoms with E-state index in [1.165, 1.54) is 0 Å². The maximum atomic E-state index is 9.13. The summed E-state index contributed by atoms with van der Waals surface area (Å²) in [6.07, 6.45) is 0.440. The van der Waals surface area contributed by atoms with Gasteiger partial charge in [-0.05, 0) is 17.7 Å². The first-order chi connectivity index (χ1) is 13.9. The Morgan fingerprint density at radius 3 is 1.96 bits per heavy atom. The number of benzene rings is 3. The van der Waals surface area contributed by atoms with Crippen molar-refractivity contribution >= 4 is 22.2 Å². The first-order valence-corrected chi connectivity index (χ1v) is 9.99. The monoisotopic (exact) mass is 381 g/mol. The van der Waals surface area contributed by atoms with Gasteiger partial charge < -0.3 is 4.90 Å². The van der Waals surface area contributed by atoms with Crippen LogP contribution in [0.1, 0.15) is 6.42 Å². The van der Waals surface area contributed by atoms with Crippen molar-refractivity contribution in [3.8, 4) is 27.8 Å². The minimum absolute atomic E-state index is 0.440. The van der Waals surface area contributed by atoms with Gasteiger partial charge in [0.25, 0.3) is 0 Å². The smallest absolute Gasteiger partial charge is 0.191 e. The second kappa shape index (κ2) is 8.51. The molecule has 4 heteroatoms. The molecule has 4 rings (SSSR count). The summed E-state index contributed by atoms with van der Waals surface area (Å²) in [4.78, 5) is 8.29. The zero-order valence-electron chi connectivity index (χ0n) is 15.3. The number of anilines is 2. The van der Waals surface area contributed by atoms with Crippen molar-refractivity contribution in [3.05, 3.63) is 91.0 Å². The Bertz CT molecular complexity index is 1010. The van der Waals surface area contributed by atoms with Crippen LogP contribution < -0.4 is 4.90 Å². The molecule has 0 saturated heterocycles. The van der Waals surface area contributed by atoms with Crippen molar-refractivity contribution in [2.24, 2.45) is 0 Å². The second-order valence-corrected chi connectivity index (χ2v) is 7.28. The SMILES string of the molecule is N#CCCN(c1ccccc1)c1nc(-c2ccccc2)c(-c2ccccc2)s1. The van der Waals surface area contributed by atoms with E-state index in [0.29, 0.717) is 13.0 Å². The summed E-state index contributed by atoms with van der Waals surface area (Å²) >= 11 is 1.67. The fourth-order valence-electron chi connectivity index (χ4n) is 3.11. The van der Waals surface area contributed by atoms with Crippen LogP contribution in [0.15, 0.2) is 91.0 Å². The normalized spacial score (nSPS) is 10.4. The standard InChI is InChI=1S/C24H19N3S/c25-17-10-18-27(21-15-8-3-9-16-21)24-26-22(19-11-4-1-5-12-19)23(28-24)20-13-6-2-7-14-20/h1-9,11-16H,10,18H2. The van der Waals surface area contributed by atoms with Gasteiger partial charge in [-0.2, -0.15) is 5.26 Å². The molecule has 1 heterocycles. The number of aromatic nitrogens is 1. The molecule has 0 bridgehead atoms. The average molecular weight is 382 g/mol. The lowest BCUT2D eigenvalue weighted by atomic mass is 10.1. The van der Waals surface area contributed by atoms with Crippen LogP contribution >= 0.6 is 11.3 Å². The molecule has 0 saturated carbocycles. The molecular formula is C24H19N3S. The van der Waals surface area contributed by atoms with E-state index in [1.807, 2.05) is 54.6 Å². The summed E-state index contributed by atoms with van der Waals surface area (Å²) in [5.74, 6) is 0. The summed E-state index contributed by atoms with van der Waals surface area (Å²) in [6.45, 7) is 0.608. The van der Waals surface area contributed by atoms with Crippen LogP contribution in [-0.4, -0.2) is 11.5 Å². The average Bonchev–Trinajstić information content (AvgIpc) is 3.21. The van der Waals surface area contributed by atoms with E-state index in [2.05, 4.69) is 47.4 Å². The molecule has 0 N–H and O–H groups in total. The lowest BCUT2D eigenvalue weighted by molar-refractivity contribution is 0.941. The predicted octanol–water partition coefficient (Wildman–Crippen LogP) is 6.53. The van der Waals surface area contributed by atoms with Crippen LogP contribution in [0.5, 0.6) is 0 Å². The Hall–Kier alpha value is -3.42. The van der Waals surface area contributed by atoms with Crippen molar-refractivity contribution in [2.75, 3.05) is 11.4 Å². The summed E-state index contributed by atoms with van der Waals surface area (Å²) in [7, 11) is 0. The van der Waals surface area contributed by atoms with Crippen molar-refractivity contribution in [1.82, 2.24) is 4.98 Å². The highest BCUT2D eigenvalue weighted by molar-refractivity contribution is 7.19. The molecule has 28 heavy (non-hydrogen) atoms. The topological polar surface area (TPSA) is 39.9 Å². The number of rotatable bonds is 6. The van der Waals surface area contributed by atoms with Crippen molar-refractivity contribution in [3.63, 3.8) is 0 Å². The highest BCUT2D eigenvalue weighted by Crippen LogP contribution is 2.42. The Morgan fingerprint density at radius 2 is 1.36 bits per heavy atom. The third-order valence-corrected chi connectivity index (χ3v) is 5.57. The molecule has 0 unspecified atom stereocenters. The number of thiazole rings is 1. The largest absolute Gasteiger partial charge is 0.317 e. The van der Waals surface area contributed by atoms with Gasteiger partial charge >= 0.3 is 0 Å². The van der Waals surface area contributed by atoms with Crippen LogP contribution in [0.4, 0.5) is 10.8 Å². The van der Waals surface area contributed by atoms with E-state index in [9.17, 15) is 0 Å². The predicted molar refractivity (Wildman–Crippen MR) is 117 cm³/mol. The van der Waals surface area contributed by atoms with Crippen molar-refractivity contribution in [1.29, 1.82) is 5.26 Å². The van der Waals surface area contributed by atoms with E-state index in [1.54, 1.807) is 11.3 Å². The maximum Gasteiger partial charge on any atom is 0.191 e. The van der Waals surface area contributed by atoms with Gasteiger partial charge in [-0.1, -0.05) is 90.2 Å². The zero-order valence-corrected chi connectivity index (χ0v) is 16.1. The van der Waals surface area contributed by atoms with Gasteiger partial charge in [0.2, 0.25) is 0 Å². The molecule has 0 radical (unpaired) electrons. The lowest BCUT2D eigenvalue weighted by Crippen LogP contribution is -2.17. The molecule has 0 spiro atoms. The van der Waals surface area contributed by atoms with Gasteiger partial charge in [-0.15, -0.1) is 0 Å². The highest BCUT2D eigenvalue weighted by atomic mass is 32.1. The molecule has 0 amide bonds. The fourth-order valence-corrected chi connectivity index (χ4v) is 4.25. The van der Waals surface area contributed by atoms with Crippen LogP contribution in [-0.2, 0) is 0 Å². The number of para-hydroxylation sites is 1. The van der Waals surface area contributed by atoms with E-state index in [-0.39, 0.29) is 0 Å². The molecule has 0 fully saturated rings. The van der Waals surface area contributed by atoms with Crippen LogP contribution in [0.3, 0.4) is 0 Å². The minimum atomic E-state index is 0.440. The first-order valence-electron chi connectivity index (χ1n) is 9.18. The van der Waals surface area contributed by atoms with Crippen molar-refractivity contribution < 1.29 is 0 Å². The Morgan fingerprint density at radius 1 is 0.786 bits per heavy atom. The van der Waals surface area contributed by atoms with Gasteiger partial charge in [-0.3, -0.25) is 0 Å². The van der Waals surface area contributed by atoms with Gasteiger partial charge in [-0.25, -0.2) is 4.98 Å². The first kappa shape index (κ1) is 18.0. The molecule has 1 aromatic heterocycles. The quantitative estimate of drug-likeness (QED) is 0.381. The second-order valence-electron chi connectivity index (χ2n) is 6.30. The molecule has 0 aliphatic heterocycles. The molecule has 136 valence electrons. The summed E-state index contributed by atoms with van der Waals surface area (Å²) in [6, 6.07) is 33.0. The number of hydrogen-bond acceptors (Lipinski definition) is 4. The molecule has 4 aromatic rings. The van der Waals surface area contributed by atoms with E-state index in [4.69, 9.17) is 10.2 Å². The molecular weight excluding hydrogens is 362 g/mol. The van der Waals surface area contributed by atoms with Gasteiger partial charge in [0, 0.05) is 17.8 Å². The fraction of sp³-hybridized carbons (Fsp3) is 0.0833. The van der Waals surface area contributed by atoms with Crippen LogP contribution in [0.25, 0.3) is 21.7 Å². The highest BCUT2D eigenvalue weighted by Gasteiger charge is 2.19. The Kier molecular flexibility index (Phi) is 5.46. The van der Waals surface area contributed by atoms with Gasteiger partial charge in [0.15, 0.2) is 5.13 Å². The van der Waals surface area contributed by atoms with Crippen LogP contribution in [0, 0.1) is 11.3 Å². The summed E-state index contributed by atoms with van der Waals surface area (Å²) in [5, 5.41) is 10.0. The molecule has 3 aromatic carbocycles. The zero-order chi connectivity index (χ0) is 19.2. The molecule has 0 aliphatic rings. The molecule has 0 atom stereocenters.